The van der Waals surface area contributed by atoms with Crippen LogP contribution in [0.2, 0.25) is 0 Å². The molecule has 1 heteroatoms. The number of allylic oxidation sites excluding steroid dienone is 5. The minimum absolute atomic E-state index is 0.280. The van der Waals surface area contributed by atoms with Crippen LogP contribution in [0.1, 0.15) is 17.9 Å². The van der Waals surface area contributed by atoms with Gasteiger partial charge in [0.05, 0.1) is 11.5 Å². The van der Waals surface area contributed by atoms with Gasteiger partial charge in [-0.2, -0.15) is 5.26 Å². The Morgan fingerprint density at radius 1 is 1.24 bits per heavy atom. The third-order valence-electron chi connectivity index (χ3n) is 3.08. The molecule has 0 heterocycles. The maximum atomic E-state index is 9.23. The number of hydrogen-bond acceptors (Lipinski definition) is 1. The average molecular weight is 221 g/mol. The first-order valence-electron chi connectivity index (χ1n) is 5.75. The van der Waals surface area contributed by atoms with Gasteiger partial charge in [0, 0.05) is 5.92 Å². The molecular weight excluding hydrogens is 206 g/mol. The summed E-state index contributed by atoms with van der Waals surface area (Å²) in [6.45, 7) is 3.71. The van der Waals surface area contributed by atoms with Crippen molar-refractivity contribution in [1.82, 2.24) is 0 Å². The Kier molecular flexibility index (Phi) is 3.25. The number of nitriles is 1. The monoisotopic (exact) mass is 221 g/mol. The minimum atomic E-state index is -0.493. The summed E-state index contributed by atoms with van der Waals surface area (Å²) in [5.41, 5.74) is 0.762. The quantitative estimate of drug-likeness (QED) is 0.708. The van der Waals surface area contributed by atoms with Crippen molar-refractivity contribution in [3.8, 4) is 6.07 Å². The molecule has 0 aliphatic heterocycles. The van der Waals surface area contributed by atoms with Crippen LogP contribution < -0.4 is 0 Å². The lowest BCUT2D eigenvalue weighted by molar-refractivity contribution is 0.641. The minimum Gasteiger partial charge on any atom is -0.197 e. The van der Waals surface area contributed by atoms with E-state index in [4.69, 9.17) is 0 Å². The third kappa shape index (κ3) is 2.37. The fourth-order valence-electron chi connectivity index (χ4n) is 2.06. The van der Waals surface area contributed by atoms with Crippen molar-refractivity contribution in [3.63, 3.8) is 0 Å². The molecule has 0 amide bonds. The van der Waals surface area contributed by atoms with Crippen molar-refractivity contribution >= 4 is 0 Å². The van der Waals surface area contributed by atoms with E-state index in [9.17, 15) is 5.26 Å². The number of hydrogen-bond donors (Lipinski definition) is 0. The van der Waals surface area contributed by atoms with Crippen molar-refractivity contribution in [1.29, 1.82) is 5.26 Å². The van der Waals surface area contributed by atoms with E-state index < -0.39 is 5.41 Å². The summed E-state index contributed by atoms with van der Waals surface area (Å²) in [6.07, 6.45) is 10.6. The third-order valence-corrected chi connectivity index (χ3v) is 3.08. The zero-order valence-electron chi connectivity index (χ0n) is 9.71. The first-order chi connectivity index (χ1) is 8.29. The summed E-state index contributed by atoms with van der Waals surface area (Å²) in [6, 6.07) is 12.6. The van der Waals surface area contributed by atoms with E-state index in [0.717, 1.165) is 0 Å². The van der Waals surface area contributed by atoms with Crippen LogP contribution in [-0.2, 0) is 0 Å². The Balaban J connectivity index is 2.21. The molecular formula is C16H15N. The van der Waals surface area contributed by atoms with E-state index >= 15 is 0 Å². The second-order valence-corrected chi connectivity index (χ2v) is 4.30. The van der Waals surface area contributed by atoms with Crippen LogP contribution >= 0.6 is 0 Å². The lowest BCUT2D eigenvalue weighted by Crippen LogP contribution is -2.14. The highest BCUT2D eigenvalue weighted by atomic mass is 14.3. The predicted molar refractivity (Wildman–Crippen MR) is 70.3 cm³/mol. The first-order valence-corrected chi connectivity index (χ1v) is 5.75. The fraction of sp³-hybridized carbons (Fsp3) is 0.188. The van der Waals surface area contributed by atoms with Gasteiger partial charge in [0.1, 0.15) is 0 Å². The summed E-state index contributed by atoms with van der Waals surface area (Å²) in [4.78, 5) is 0. The Labute approximate surface area is 102 Å². The molecule has 0 fully saturated rings. The van der Waals surface area contributed by atoms with Gasteiger partial charge in [0.25, 0.3) is 0 Å². The summed E-state index contributed by atoms with van der Waals surface area (Å²) >= 11 is 0. The highest BCUT2D eigenvalue weighted by Crippen LogP contribution is 2.34. The smallest absolute Gasteiger partial charge is 0.0968 e. The predicted octanol–water partition coefficient (Wildman–Crippen LogP) is 3.98. The average Bonchev–Trinajstić information content (AvgIpc) is 2.41. The second kappa shape index (κ2) is 4.84. The van der Waals surface area contributed by atoms with Gasteiger partial charge in [-0.05, 0) is 12.0 Å². The van der Waals surface area contributed by atoms with E-state index in [1.54, 1.807) is 6.08 Å². The van der Waals surface area contributed by atoms with Crippen molar-refractivity contribution in [2.24, 2.45) is 5.41 Å². The van der Waals surface area contributed by atoms with Gasteiger partial charge < -0.3 is 0 Å². The summed E-state index contributed by atoms with van der Waals surface area (Å²) in [5.74, 6) is 0.280. The second-order valence-electron chi connectivity index (χ2n) is 4.30. The Bertz CT molecular complexity index is 474. The molecule has 0 aromatic heterocycles. The van der Waals surface area contributed by atoms with Gasteiger partial charge in [-0.1, -0.05) is 60.7 Å². The molecule has 1 nitrogen and oxygen atoms in total. The van der Waals surface area contributed by atoms with Crippen molar-refractivity contribution in [3.05, 3.63) is 72.9 Å². The first kappa shape index (κ1) is 11.4. The van der Waals surface area contributed by atoms with Crippen LogP contribution in [0.5, 0.6) is 0 Å². The maximum Gasteiger partial charge on any atom is 0.0968 e. The van der Waals surface area contributed by atoms with Crippen LogP contribution in [0.3, 0.4) is 0 Å². The van der Waals surface area contributed by atoms with Gasteiger partial charge in [-0.3, -0.25) is 0 Å². The van der Waals surface area contributed by atoms with Crippen LogP contribution in [0.4, 0.5) is 0 Å². The molecule has 0 N–H and O–H groups in total. The van der Waals surface area contributed by atoms with Crippen molar-refractivity contribution < 1.29 is 0 Å². The van der Waals surface area contributed by atoms with Gasteiger partial charge in [0.2, 0.25) is 0 Å². The molecule has 84 valence electrons. The van der Waals surface area contributed by atoms with E-state index in [1.165, 1.54) is 5.56 Å². The normalized spacial score (nSPS) is 26.4. The highest BCUT2D eigenvalue weighted by Gasteiger charge is 2.25. The standard InChI is InChI=1S/C16H15N/c1-2-10-16(13-17)11-8-15(9-12-16)14-6-4-3-5-7-14/h2-9,11-12,15H,1,10H2. The zero-order chi connectivity index (χ0) is 12.1. The molecule has 1 aromatic rings. The molecule has 1 aliphatic rings. The van der Waals surface area contributed by atoms with E-state index in [-0.39, 0.29) is 5.92 Å². The molecule has 17 heavy (non-hydrogen) atoms. The molecule has 1 aromatic carbocycles. The Hall–Kier alpha value is -2.07. The molecule has 0 bridgehead atoms. The molecule has 0 atom stereocenters. The topological polar surface area (TPSA) is 23.8 Å². The molecule has 0 radical (unpaired) electrons. The number of benzene rings is 1. The zero-order valence-corrected chi connectivity index (χ0v) is 9.71. The largest absolute Gasteiger partial charge is 0.197 e. The molecule has 0 saturated carbocycles. The van der Waals surface area contributed by atoms with Crippen LogP contribution in [0, 0.1) is 16.7 Å². The van der Waals surface area contributed by atoms with E-state index in [1.807, 2.05) is 30.4 Å². The Morgan fingerprint density at radius 3 is 2.41 bits per heavy atom. The molecule has 0 saturated heterocycles. The van der Waals surface area contributed by atoms with Gasteiger partial charge >= 0.3 is 0 Å². The highest BCUT2D eigenvalue weighted by molar-refractivity contribution is 5.37. The van der Waals surface area contributed by atoms with Gasteiger partial charge in [0.15, 0.2) is 0 Å². The summed E-state index contributed by atoms with van der Waals surface area (Å²) < 4.78 is 0. The fourth-order valence-corrected chi connectivity index (χ4v) is 2.06. The summed E-state index contributed by atoms with van der Waals surface area (Å²) in [5, 5.41) is 9.23. The number of rotatable bonds is 3. The molecule has 0 spiro atoms. The van der Waals surface area contributed by atoms with Crippen molar-refractivity contribution in [2.45, 2.75) is 12.3 Å². The van der Waals surface area contributed by atoms with Crippen LogP contribution in [0.15, 0.2) is 67.3 Å². The molecule has 2 rings (SSSR count). The molecule has 1 aliphatic carbocycles. The maximum absolute atomic E-state index is 9.23. The molecule has 0 unspecified atom stereocenters. The van der Waals surface area contributed by atoms with Crippen LogP contribution in [0.25, 0.3) is 0 Å². The van der Waals surface area contributed by atoms with Crippen LogP contribution in [-0.4, -0.2) is 0 Å². The Morgan fingerprint density at radius 2 is 1.88 bits per heavy atom. The SMILES string of the molecule is C=CCC1(C#N)C=CC(c2ccccc2)C=C1. The van der Waals surface area contributed by atoms with Crippen molar-refractivity contribution in [2.75, 3.05) is 0 Å². The van der Waals surface area contributed by atoms with E-state index in [2.05, 4.69) is 36.9 Å². The van der Waals surface area contributed by atoms with E-state index in [0.29, 0.717) is 6.42 Å². The lowest BCUT2D eigenvalue weighted by Gasteiger charge is -2.23. The number of nitrogens with zero attached hydrogens (tertiary/aromatic N) is 1. The summed E-state index contributed by atoms with van der Waals surface area (Å²) in [7, 11) is 0. The van der Waals surface area contributed by atoms with Gasteiger partial charge in [-0.25, -0.2) is 0 Å². The lowest BCUT2D eigenvalue weighted by atomic mass is 9.79. The van der Waals surface area contributed by atoms with Gasteiger partial charge in [-0.15, -0.1) is 6.58 Å².